The van der Waals surface area contributed by atoms with Crippen molar-refractivity contribution in [3.05, 3.63) is 11.1 Å². The molecule has 2 bridgehead atoms. The summed E-state index contributed by atoms with van der Waals surface area (Å²) in [6, 6.07) is 0. The van der Waals surface area contributed by atoms with Gasteiger partial charge in [-0.25, -0.2) is 0 Å². The zero-order chi connectivity index (χ0) is 13.0. The van der Waals surface area contributed by atoms with Crippen LogP contribution in [0.2, 0.25) is 0 Å². The summed E-state index contributed by atoms with van der Waals surface area (Å²) in [4.78, 5) is 25.7. The molecule has 0 heterocycles. The molecule has 2 nitrogen and oxygen atoms in total. The smallest absolute Gasteiger partial charge is 0.172 e. The van der Waals surface area contributed by atoms with E-state index in [-0.39, 0.29) is 5.78 Å². The largest absolute Gasteiger partial charge is 0.299 e. The molecule has 4 aliphatic carbocycles. The Balaban J connectivity index is 1.93. The van der Waals surface area contributed by atoms with Gasteiger partial charge in [-0.05, 0) is 62.4 Å². The first-order chi connectivity index (χ1) is 9.25. The average Bonchev–Trinajstić information content (AvgIpc) is 2.84. The first-order valence-corrected chi connectivity index (χ1v) is 8.05. The van der Waals surface area contributed by atoms with Crippen LogP contribution >= 0.6 is 0 Å². The first-order valence-electron chi connectivity index (χ1n) is 8.05. The number of ketones is 2. The monoisotopic (exact) mass is 258 g/mol. The van der Waals surface area contributed by atoms with Crippen molar-refractivity contribution >= 4 is 11.6 Å². The third-order valence-electron chi connectivity index (χ3n) is 6.26. The second kappa shape index (κ2) is 4.04. The molecule has 1 spiro atoms. The minimum absolute atomic E-state index is 0.269. The Labute approximate surface area is 114 Å². The van der Waals surface area contributed by atoms with Crippen molar-refractivity contribution < 1.29 is 9.59 Å². The van der Waals surface area contributed by atoms with Crippen LogP contribution in [-0.4, -0.2) is 11.6 Å². The summed E-state index contributed by atoms with van der Waals surface area (Å²) in [5.41, 5.74) is 2.03. The highest BCUT2D eigenvalue weighted by Crippen LogP contribution is 2.59. The fourth-order valence-electron chi connectivity index (χ4n) is 5.53. The Morgan fingerprint density at radius 1 is 0.895 bits per heavy atom. The molecule has 0 unspecified atom stereocenters. The molecule has 0 aromatic rings. The molecule has 0 aromatic carbocycles. The van der Waals surface area contributed by atoms with Gasteiger partial charge in [-0.15, -0.1) is 0 Å². The summed E-state index contributed by atoms with van der Waals surface area (Å²) in [7, 11) is 0. The van der Waals surface area contributed by atoms with Crippen LogP contribution in [0.15, 0.2) is 11.1 Å². The molecule has 0 N–H and O–H groups in total. The van der Waals surface area contributed by atoms with E-state index in [9.17, 15) is 9.59 Å². The van der Waals surface area contributed by atoms with Crippen molar-refractivity contribution in [1.29, 1.82) is 0 Å². The van der Waals surface area contributed by atoms with Gasteiger partial charge in [0.1, 0.15) is 5.78 Å². The van der Waals surface area contributed by atoms with Gasteiger partial charge in [0.15, 0.2) is 5.78 Å². The highest BCUT2D eigenvalue weighted by atomic mass is 16.2. The second-order valence-corrected chi connectivity index (χ2v) is 6.93. The Bertz CT molecular complexity index is 487. The fraction of sp³-hybridized carbons (Fsp3) is 0.765. The van der Waals surface area contributed by atoms with E-state index in [1.54, 1.807) is 0 Å². The summed E-state index contributed by atoms with van der Waals surface area (Å²) in [6.45, 7) is 0. The zero-order valence-corrected chi connectivity index (χ0v) is 11.5. The van der Waals surface area contributed by atoms with E-state index >= 15 is 0 Å². The van der Waals surface area contributed by atoms with Crippen molar-refractivity contribution in [3.8, 4) is 0 Å². The lowest BCUT2D eigenvalue weighted by Gasteiger charge is -2.45. The molecule has 3 atom stereocenters. The van der Waals surface area contributed by atoms with Crippen molar-refractivity contribution in [1.82, 2.24) is 0 Å². The van der Waals surface area contributed by atoms with E-state index in [0.29, 0.717) is 24.0 Å². The second-order valence-electron chi connectivity index (χ2n) is 6.93. The molecule has 102 valence electrons. The topological polar surface area (TPSA) is 34.1 Å². The number of rotatable bonds is 0. The molecule has 19 heavy (non-hydrogen) atoms. The van der Waals surface area contributed by atoms with Gasteiger partial charge in [-0.1, -0.05) is 18.4 Å². The van der Waals surface area contributed by atoms with Crippen LogP contribution in [0, 0.1) is 17.3 Å². The Kier molecular flexibility index (Phi) is 2.52. The molecular formula is C17H22O2. The number of allylic oxidation sites excluding steroid dienone is 2. The summed E-state index contributed by atoms with van der Waals surface area (Å²) >= 11 is 0. The number of hydrogen-bond acceptors (Lipinski definition) is 2. The van der Waals surface area contributed by atoms with Gasteiger partial charge in [0.05, 0.1) is 5.41 Å². The van der Waals surface area contributed by atoms with E-state index in [1.807, 2.05) is 0 Å². The summed E-state index contributed by atoms with van der Waals surface area (Å²) < 4.78 is 0. The predicted octanol–water partition coefficient (Wildman–Crippen LogP) is 3.60. The highest BCUT2D eigenvalue weighted by Gasteiger charge is 2.60. The standard InChI is InChI=1S/C17H22O2/c18-15-9-3-7-13-11-5-1-2-6-12(11)14-8-4-10-17(14,15)16(13)19/h12,14H,1-10H2/t12-,14+,17+/m1/s1. The van der Waals surface area contributed by atoms with Gasteiger partial charge in [-0.2, -0.15) is 0 Å². The van der Waals surface area contributed by atoms with Crippen LogP contribution in [-0.2, 0) is 9.59 Å². The molecule has 0 aromatic heterocycles. The number of carbonyl (C=O) groups is 2. The molecule has 0 radical (unpaired) electrons. The van der Waals surface area contributed by atoms with E-state index in [0.717, 1.165) is 44.1 Å². The van der Waals surface area contributed by atoms with E-state index < -0.39 is 5.41 Å². The van der Waals surface area contributed by atoms with Crippen LogP contribution in [0.25, 0.3) is 0 Å². The van der Waals surface area contributed by atoms with Crippen molar-refractivity contribution in [2.24, 2.45) is 17.3 Å². The third kappa shape index (κ3) is 1.38. The third-order valence-corrected chi connectivity index (χ3v) is 6.26. The molecular weight excluding hydrogens is 236 g/mol. The van der Waals surface area contributed by atoms with Crippen LogP contribution in [0.5, 0.6) is 0 Å². The Hall–Kier alpha value is -0.920. The summed E-state index contributed by atoms with van der Waals surface area (Å²) in [5, 5.41) is 0. The fourth-order valence-corrected chi connectivity index (χ4v) is 5.53. The van der Waals surface area contributed by atoms with Crippen LogP contribution < -0.4 is 0 Å². The molecule has 3 saturated carbocycles. The van der Waals surface area contributed by atoms with Gasteiger partial charge in [0.2, 0.25) is 0 Å². The van der Waals surface area contributed by atoms with E-state index in [4.69, 9.17) is 0 Å². The maximum atomic E-state index is 13.0. The van der Waals surface area contributed by atoms with Crippen LogP contribution in [0.1, 0.15) is 64.2 Å². The number of Topliss-reactive ketones (excluding diaryl/α,β-unsaturated/α-hetero) is 2. The SMILES string of the molecule is O=C1CCCC2=C3CCCC[C@H]3[C@@H]3CCC[C@@]13C2=O. The summed E-state index contributed by atoms with van der Waals surface area (Å²) in [6.07, 6.45) is 10.4. The van der Waals surface area contributed by atoms with Gasteiger partial charge in [0.25, 0.3) is 0 Å². The van der Waals surface area contributed by atoms with Crippen LogP contribution in [0.3, 0.4) is 0 Å². The number of fused-ring (bicyclic) bond motifs is 3. The quantitative estimate of drug-likeness (QED) is 0.622. The predicted molar refractivity (Wildman–Crippen MR) is 72.6 cm³/mol. The molecule has 2 heteroatoms. The minimum atomic E-state index is -0.558. The molecule has 0 aliphatic heterocycles. The molecule has 4 aliphatic rings. The zero-order valence-electron chi connectivity index (χ0n) is 11.5. The van der Waals surface area contributed by atoms with Crippen LogP contribution in [0.4, 0.5) is 0 Å². The number of hydrogen-bond donors (Lipinski definition) is 0. The van der Waals surface area contributed by atoms with Gasteiger partial charge in [-0.3, -0.25) is 9.59 Å². The molecule has 3 fully saturated rings. The highest BCUT2D eigenvalue weighted by molar-refractivity contribution is 6.16. The van der Waals surface area contributed by atoms with E-state index in [1.165, 1.54) is 24.8 Å². The normalized spacial score (nSPS) is 41.9. The Morgan fingerprint density at radius 3 is 2.68 bits per heavy atom. The van der Waals surface area contributed by atoms with Gasteiger partial charge in [0, 0.05) is 6.42 Å². The van der Waals surface area contributed by atoms with Gasteiger partial charge < -0.3 is 0 Å². The maximum absolute atomic E-state index is 13.0. The van der Waals surface area contributed by atoms with E-state index in [2.05, 4.69) is 0 Å². The number of carbonyl (C=O) groups excluding carboxylic acids is 2. The Morgan fingerprint density at radius 2 is 1.79 bits per heavy atom. The van der Waals surface area contributed by atoms with Crippen molar-refractivity contribution in [3.63, 3.8) is 0 Å². The average molecular weight is 258 g/mol. The first kappa shape index (κ1) is 11.9. The molecule has 0 amide bonds. The summed E-state index contributed by atoms with van der Waals surface area (Å²) in [5.74, 6) is 1.50. The lowest BCUT2D eigenvalue weighted by Crippen LogP contribution is -2.49. The molecule has 0 saturated heterocycles. The molecule has 4 rings (SSSR count). The lowest BCUT2D eigenvalue weighted by molar-refractivity contribution is -0.143. The minimum Gasteiger partial charge on any atom is -0.299 e. The van der Waals surface area contributed by atoms with Crippen molar-refractivity contribution in [2.75, 3.05) is 0 Å². The lowest BCUT2D eigenvalue weighted by atomic mass is 9.56. The maximum Gasteiger partial charge on any atom is 0.172 e. The van der Waals surface area contributed by atoms with Crippen molar-refractivity contribution in [2.45, 2.75) is 64.2 Å². The van der Waals surface area contributed by atoms with Gasteiger partial charge >= 0.3 is 0 Å².